The summed E-state index contributed by atoms with van der Waals surface area (Å²) in [6.07, 6.45) is -0.300. The molecule has 0 saturated heterocycles. The first-order valence-electron chi connectivity index (χ1n) is 6.84. The Bertz CT molecular complexity index is 798. The van der Waals surface area contributed by atoms with Crippen LogP contribution in [-0.4, -0.2) is 16.2 Å². The van der Waals surface area contributed by atoms with Crippen LogP contribution in [0.2, 0.25) is 0 Å². The quantitative estimate of drug-likeness (QED) is 0.718. The number of hydrogen-bond acceptors (Lipinski definition) is 5. The Morgan fingerprint density at radius 1 is 1.13 bits per heavy atom. The zero-order valence-corrected chi connectivity index (χ0v) is 12.0. The van der Waals surface area contributed by atoms with Crippen LogP contribution in [0.25, 0.3) is 11.5 Å². The molecule has 3 rings (SSSR count). The first-order chi connectivity index (χ1) is 11.2. The lowest BCUT2D eigenvalue weighted by Crippen LogP contribution is -2.02. The second kappa shape index (κ2) is 6.65. The molecule has 3 aromatic rings. The Morgan fingerprint density at radius 2 is 1.96 bits per heavy atom. The molecular weight excluding hydrogens is 298 g/mol. The maximum absolute atomic E-state index is 10.5. The van der Waals surface area contributed by atoms with Crippen molar-refractivity contribution >= 4 is 6.16 Å². The number of carbonyl (C=O) groups is 1. The summed E-state index contributed by atoms with van der Waals surface area (Å²) in [7, 11) is 0. The Labute approximate surface area is 131 Å². The van der Waals surface area contributed by atoms with E-state index in [-0.39, 0.29) is 11.8 Å². The standard InChI is InChI=1S/C17H13NO5/c19-17(20)23-15-11-22-16(18-15)13-7-4-8-14(9-13)21-10-12-5-2-1-3-6-12/h1-9,11H,10H2,(H,19,20). The average molecular weight is 311 g/mol. The number of aromatic nitrogens is 1. The van der Waals surface area contributed by atoms with E-state index < -0.39 is 6.16 Å². The van der Waals surface area contributed by atoms with Crippen molar-refractivity contribution in [1.82, 2.24) is 4.98 Å². The molecule has 0 spiro atoms. The maximum atomic E-state index is 10.5. The van der Waals surface area contributed by atoms with Crippen LogP contribution in [0.15, 0.2) is 65.3 Å². The minimum Gasteiger partial charge on any atom is -0.489 e. The van der Waals surface area contributed by atoms with Crippen LogP contribution in [0.5, 0.6) is 11.6 Å². The van der Waals surface area contributed by atoms with Crippen molar-refractivity contribution in [2.45, 2.75) is 6.61 Å². The number of benzene rings is 2. The summed E-state index contributed by atoms with van der Waals surface area (Å²) >= 11 is 0. The second-order valence-electron chi connectivity index (χ2n) is 4.66. The van der Waals surface area contributed by atoms with Gasteiger partial charge in [0.05, 0.1) is 0 Å². The van der Waals surface area contributed by atoms with Gasteiger partial charge in [0, 0.05) is 5.56 Å². The highest BCUT2D eigenvalue weighted by atomic mass is 16.7. The molecule has 1 heterocycles. The highest BCUT2D eigenvalue weighted by Crippen LogP contribution is 2.25. The number of hydrogen-bond donors (Lipinski definition) is 1. The lowest BCUT2D eigenvalue weighted by Gasteiger charge is -2.07. The molecule has 0 bridgehead atoms. The number of nitrogens with zero attached hydrogens (tertiary/aromatic N) is 1. The molecule has 116 valence electrons. The van der Waals surface area contributed by atoms with Crippen molar-refractivity contribution < 1.29 is 23.8 Å². The number of rotatable bonds is 5. The molecule has 0 aliphatic rings. The molecule has 0 aliphatic heterocycles. The van der Waals surface area contributed by atoms with E-state index in [2.05, 4.69) is 9.72 Å². The summed E-state index contributed by atoms with van der Waals surface area (Å²) in [5.74, 6) is 0.805. The largest absolute Gasteiger partial charge is 0.512 e. The van der Waals surface area contributed by atoms with Crippen LogP contribution in [0.1, 0.15) is 5.56 Å². The number of carboxylic acid groups (broad SMARTS) is 1. The van der Waals surface area contributed by atoms with Gasteiger partial charge in [-0.05, 0) is 23.8 Å². The van der Waals surface area contributed by atoms with E-state index in [0.29, 0.717) is 17.9 Å². The van der Waals surface area contributed by atoms with Gasteiger partial charge < -0.3 is 19.0 Å². The van der Waals surface area contributed by atoms with E-state index in [1.807, 2.05) is 36.4 Å². The predicted molar refractivity (Wildman–Crippen MR) is 81.4 cm³/mol. The summed E-state index contributed by atoms with van der Waals surface area (Å²) in [5.41, 5.74) is 1.72. The van der Waals surface area contributed by atoms with E-state index >= 15 is 0 Å². The smallest absolute Gasteiger partial charge is 0.489 e. The van der Waals surface area contributed by atoms with Crippen molar-refractivity contribution in [2.75, 3.05) is 0 Å². The minimum atomic E-state index is -1.44. The van der Waals surface area contributed by atoms with E-state index in [0.717, 1.165) is 11.8 Å². The van der Waals surface area contributed by atoms with Crippen molar-refractivity contribution in [3.05, 3.63) is 66.4 Å². The molecule has 0 amide bonds. The fourth-order valence-electron chi connectivity index (χ4n) is 1.99. The van der Waals surface area contributed by atoms with Gasteiger partial charge in [0.1, 0.15) is 12.4 Å². The van der Waals surface area contributed by atoms with E-state index in [1.165, 1.54) is 0 Å². The van der Waals surface area contributed by atoms with Gasteiger partial charge in [0.2, 0.25) is 5.89 Å². The third kappa shape index (κ3) is 3.88. The highest BCUT2D eigenvalue weighted by molar-refractivity contribution is 5.61. The normalized spacial score (nSPS) is 10.3. The van der Waals surface area contributed by atoms with Gasteiger partial charge in [0.15, 0.2) is 6.26 Å². The van der Waals surface area contributed by atoms with E-state index in [1.54, 1.807) is 18.2 Å². The average Bonchev–Trinajstić information content (AvgIpc) is 3.02. The Hall–Kier alpha value is -3.28. The van der Waals surface area contributed by atoms with Crippen molar-refractivity contribution in [3.63, 3.8) is 0 Å². The Morgan fingerprint density at radius 3 is 2.74 bits per heavy atom. The SMILES string of the molecule is O=C(O)Oc1coc(-c2cccc(OCc3ccccc3)c2)n1. The van der Waals surface area contributed by atoms with Crippen molar-refractivity contribution in [1.29, 1.82) is 0 Å². The summed E-state index contributed by atoms with van der Waals surface area (Å²) in [6, 6.07) is 17.0. The third-order valence-electron chi connectivity index (χ3n) is 3.00. The maximum Gasteiger partial charge on any atom is 0.512 e. The van der Waals surface area contributed by atoms with E-state index in [9.17, 15) is 4.79 Å². The summed E-state index contributed by atoms with van der Waals surface area (Å²) in [5, 5.41) is 8.55. The van der Waals surface area contributed by atoms with Crippen molar-refractivity contribution in [2.24, 2.45) is 0 Å². The molecule has 0 atom stereocenters. The van der Waals surface area contributed by atoms with Crippen LogP contribution in [-0.2, 0) is 6.61 Å². The molecule has 1 aromatic heterocycles. The van der Waals surface area contributed by atoms with Gasteiger partial charge in [-0.3, -0.25) is 0 Å². The molecule has 1 N–H and O–H groups in total. The molecule has 0 fully saturated rings. The molecule has 0 aliphatic carbocycles. The summed E-state index contributed by atoms with van der Waals surface area (Å²) in [4.78, 5) is 14.4. The molecule has 6 heteroatoms. The monoisotopic (exact) mass is 311 g/mol. The van der Waals surface area contributed by atoms with Gasteiger partial charge in [-0.1, -0.05) is 36.4 Å². The zero-order valence-electron chi connectivity index (χ0n) is 12.0. The summed E-state index contributed by atoms with van der Waals surface area (Å²) in [6.45, 7) is 0.448. The van der Waals surface area contributed by atoms with Crippen LogP contribution >= 0.6 is 0 Å². The molecule has 23 heavy (non-hydrogen) atoms. The molecule has 0 saturated carbocycles. The van der Waals surface area contributed by atoms with Gasteiger partial charge in [-0.25, -0.2) is 4.79 Å². The van der Waals surface area contributed by atoms with Crippen LogP contribution < -0.4 is 9.47 Å². The second-order valence-corrected chi connectivity index (χ2v) is 4.66. The van der Waals surface area contributed by atoms with E-state index in [4.69, 9.17) is 14.3 Å². The lowest BCUT2D eigenvalue weighted by atomic mass is 10.2. The number of ether oxygens (including phenoxy) is 2. The fraction of sp³-hybridized carbons (Fsp3) is 0.0588. The minimum absolute atomic E-state index is 0.108. The molecule has 6 nitrogen and oxygen atoms in total. The fourth-order valence-corrected chi connectivity index (χ4v) is 1.99. The van der Waals surface area contributed by atoms with Crippen LogP contribution in [0.4, 0.5) is 4.79 Å². The van der Waals surface area contributed by atoms with Crippen LogP contribution in [0.3, 0.4) is 0 Å². The molecule has 2 aromatic carbocycles. The lowest BCUT2D eigenvalue weighted by molar-refractivity contribution is 0.142. The van der Waals surface area contributed by atoms with Crippen LogP contribution in [0, 0.1) is 0 Å². The summed E-state index contributed by atoms with van der Waals surface area (Å²) < 4.78 is 15.4. The molecule has 0 unspecified atom stereocenters. The van der Waals surface area contributed by atoms with Gasteiger partial charge in [-0.2, -0.15) is 4.98 Å². The Kier molecular flexibility index (Phi) is 4.24. The number of oxazole rings is 1. The topological polar surface area (TPSA) is 81.8 Å². The molecule has 0 radical (unpaired) electrons. The first kappa shape index (κ1) is 14.6. The zero-order chi connectivity index (χ0) is 16.1. The van der Waals surface area contributed by atoms with Gasteiger partial charge in [0.25, 0.3) is 5.88 Å². The predicted octanol–water partition coefficient (Wildman–Crippen LogP) is 3.98. The van der Waals surface area contributed by atoms with Gasteiger partial charge in [-0.15, -0.1) is 0 Å². The van der Waals surface area contributed by atoms with Crippen molar-refractivity contribution in [3.8, 4) is 23.1 Å². The third-order valence-corrected chi connectivity index (χ3v) is 3.00. The van der Waals surface area contributed by atoms with Gasteiger partial charge >= 0.3 is 6.16 Å². The Balaban J connectivity index is 1.72. The first-order valence-corrected chi connectivity index (χ1v) is 6.84. The molecular formula is C17H13NO5. The highest BCUT2D eigenvalue weighted by Gasteiger charge is 2.11.